The molecule has 1 amide bonds. The summed E-state index contributed by atoms with van der Waals surface area (Å²) >= 11 is 0. The molecule has 2 aromatic heterocycles. The lowest BCUT2D eigenvalue weighted by molar-refractivity contribution is -0.147. The number of carbonyl (C=O) groups excluding carboxylic acids is 2. The van der Waals surface area contributed by atoms with Crippen molar-refractivity contribution in [3.05, 3.63) is 109 Å². The van der Waals surface area contributed by atoms with Gasteiger partial charge in [-0.05, 0) is 17.7 Å². The molecule has 0 bridgehead atoms. The summed E-state index contributed by atoms with van der Waals surface area (Å²) in [5.41, 5.74) is 3.23. The van der Waals surface area contributed by atoms with Crippen LogP contribution in [0.5, 0.6) is 11.5 Å². The van der Waals surface area contributed by atoms with E-state index in [9.17, 15) is 9.59 Å². The Morgan fingerprint density at radius 1 is 0.975 bits per heavy atom. The van der Waals surface area contributed by atoms with Gasteiger partial charge in [0.1, 0.15) is 30.5 Å². The van der Waals surface area contributed by atoms with Crippen molar-refractivity contribution in [2.45, 2.75) is 19.1 Å². The largest absolute Gasteiger partial charge is 0.497 e. The van der Waals surface area contributed by atoms with E-state index in [1.165, 1.54) is 23.3 Å². The van der Waals surface area contributed by atoms with Crippen molar-refractivity contribution in [1.29, 1.82) is 0 Å². The van der Waals surface area contributed by atoms with Crippen LogP contribution in [0, 0.1) is 0 Å². The number of imidazole rings is 1. The van der Waals surface area contributed by atoms with Gasteiger partial charge >= 0.3 is 12.0 Å². The third-order valence-electron chi connectivity index (χ3n) is 6.26. The predicted molar refractivity (Wildman–Crippen MR) is 150 cm³/mol. The molecule has 40 heavy (non-hydrogen) atoms. The third-order valence-corrected chi connectivity index (χ3v) is 6.26. The number of fused-ring (bicyclic) bond motifs is 1. The van der Waals surface area contributed by atoms with Crippen molar-refractivity contribution in [2.24, 2.45) is 0 Å². The highest BCUT2D eigenvalue weighted by Gasteiger charge is 2.23. The van der Waals surface area contributed by atoms with E-state index in [0.717, 1.165) is 22.2 Å². The molecule has 0 radical (unpaired) electrons. The minimum Gasteiger partial charge on any atom is -0.497 e. The number of benzene rings is 3. The lowest BCUT2D eigenvalue weighted by atomic mass is 10.1. The lowest BCUT2D eigenvalue weighted by Crippen LogP contribution is -2.44. The molecule has 1 unspecified atom stereocenters. The fraction of sp³-hybridized carbons (Fsp3) is 0.161. The first-order valence-corrected chi connectivity index (χ1v) is 12.8. The number of rotatable bonds is 10. The molecule has 0 aliphatic rings. The molecule has 9 heteroatoms. The number of nitrogens with zero attached hydrogens (tertiary/aromatic N) is 3. The molecule has 0 aliphatic carbocycles. The van der Waals surface area contributed by atoms with Gasteiger partial charge in [0.15, 0.2) is 0 Å². The second-order valence-corrected chi connectivity index (χ2v) is 8.96. The average molecular weight is 537 g/mol. The summed E-state index contributed by atoms with van der Waals surface area (Å²) in [5.74, 6) is 0.721. The van der Waals surface area contributed by atoms with Gasteiger partial charge in [-0.25, -0.2) is 19.6 Å². The molecule has 0 spiro atoms. The van der Waals surface area contributed by atoms with Crippen LogP contribution < -0.4 is 14.8 Å². The Labute approximate surface area is 231 Å². The number of methoxy groups -OCH3 is 1. The number of aromatic nitrogens is 3. The zero-order chi connectivity index (χ0) is 27.7. The molecule has 0 fully saturated rings. The molecule has 2 heterocycles. The number of hydrogen-bond donors (Lipinski definition) is 1. The molecule has 1 N–H and O–H groups in total. The van der Waals surface area contributed by atoms with Crippen LogP contribution in [-0.4, -0.2) is 46.3 Å². The van der Waals surface area contributed by atoms with E-state index in [1.54, 1.807) is 7.11 Å². The first kappa shape index (κ1) is 26.4. The quantitative estimate of drug-likeness (QED) is 0.243. The first-order valence-electron chi connectivity index (χ1n) is 12.8. The maximum absolute atomic E-state index is 13.0. The average Bonchev–Trinajstić information content (AvgIpc) is 3.55. The zero-order valence-corrected chi connectivity index (χ0v) is 21.9. The van der Waals surface area contributed by atoms with Crippen LogP contribution >= 0.6 is 0 Å². The second-order valence-electron chi connectivity index (χ2n) is 8.96. The number of amides is 1. The van der Waals surface area contributed by atoms with Gasteiger partial charge in [0.05, 0.1) is 24.9 Å². The van der Waals surface area contributed by atoms with Crippen LogP contribution in [0.3, 0.4) is 0 Å². The van der Waals surface area contributed by atoms with Gasteiger partial charge in [0.2, 0.25) is 0 Å². The minimum absolute atomic E-state index is 0.0925. The molecular weight excluding hydrogens is 508 g/mol. The van der Waals surface area contributed by atoms with E-state index >= 15 is 0 Å². The second kappa shape index (κ2) is 12.6. The van der Waals surface area contributed by atoms with Crippen LogP contribution in [0.2, 0.25) is 0 Å². The highest BCUT2D eigenvalue weighted by Crippen LogP contribution is 2.32. The Bertz CT molecular complexity index is 1570. The van der Waals surface area contributed by atoms with Crippen LogP contribution in [-0.2, 0) is 16.1 Å². The Kier molecular flexibility index (Phi) is 8.31. The van der Waals surface area contributed by atoms with Gasteiger partial charge in [-0.3, -0.25) is 4.57 Å². The normalized spacial score (nSPS) is 11.5. The maximum Gasteiger partial charge on any atom is 0.329 e. The van der Waals surface area contributed by atoms with Crippen molar-refractivity contribution in [2.75, 3.05) is 13.7 Å². The number of pyridine rings is 1. The van der Waals surface area contributed by atoms with Crippen LogP contribution in [0.15, 0.2) is 104 Å². The molecule has 1 atom stereocenters. The third kappa shape index (κ3) is 6.44. The number of esters is 1. The van der Waals surface area contributed by atoms with E-state index in [2.05, 4.69) is 10.3 Å². The molecular formula is C31H28N4O5. The first-order chi connectivity index (χ1) is 19.6. The molecule has 3 aromatic carbocycles. The van der Waals surface area contributed by atoms with Crippen LogP contribution in [0.4, 0.5) is 4.79 Å². The Balaban J connectivity index is 1.35. The molecule has 5 aromatic rings. The summed E-state index contributed by atoms with van der Waals surface area (Å²) in [6.07, 6.45) is 4.52. The maximum atomic E-state index is 13.0. The Morgan fingerprint density at radius 3 is 2.48 bits per heavy atom. The van der Waals surface area contributed by atoms with Gasteiger partial charge in [0.25, 0.3) is 0 Å². The Morgan fingerprint density at radius 2 is 1.75 bits per heavy atom. The topological polar surface area (TPSA) is 105 Å². The summed E-state index contributed by atoms with van der Waals surface area (Å²) in [4.78, 5) is 34.5. The highest BCUT2D eigenvalue weighted by atomic mass is 16.5. The Hall–Kier alpha value is -5.18. The summed E-state index contributed by atoms with van der Waals surface area (Å²) < 4.78 is 18.4. The summed E-state index contributed by atoms with van der Waals surface area (Å²) in [6.45, 7) is 0.226. The summed E-state index contributed by atoms with van der Waals surface area (Å²) in [5, 5.41) is 3.53. The zero-order valence-electron chi connectivity index (χ0n) is 21.9. The molecule has 9 nitrogen and oxygen atoms in total. The summed E-state index contributed by atoms with van der Waals surface area (Å²) in [7, 11) is 1.61. The predicted octanol–water partition coefficient (Wildman–Crippen LogP) is 5.25. The van der Waals surface area contributed by atoms with E-state index in [-0.39, 0.29) is 19.6 Å². The van der Waals surface area contributed by atoms with Crippen LogP contribution in [0.1, 0.15) is 12.0 Å². The van der Waals surface area contributed by atoms with E-state index in [1.807, 2.05) is 84.9 Å². The summed E-state index contributed by atoms with van der Waals surface area (Å²) in [6, 6.07) is 25.2. The van der Waals surface area contributed by atoms with Crippen molar-refractivity contribution < 1.29 is 23.8 Å². The van der Waals surface area contributed by atoms with Crippen molar-refractivity contribution >= 4 is 22.9 Å². The molecule has 0 aliphatic heterocycles. The molecule has 202 valence electrons. The van der Waals surface area contributed by atoms with E-state index < -0.39 is 18.0 Å². The van der Waals surface area contributed by atoms with Gasteiger partial charge in [-0.2, -0.15) is 0 Å². The minimum atomic E-state index is -0.944. The molecule has 0 saturated heterocycles. The van der Waals surface area contributed by atoms with Crippen molar-refractivity contribution in [3.8, 4) is 22.8 Å². The van der Waals surface area contributed by atoms with Gasteiger partial charge < -0.3 is 19.5 Å². The van der Waals surface area contributed by atoms with Crippen LogP contribution in [0.25, 0.3) is 22.2 Å². The van der Waals surface area contributed by atoms with Crippen molar-refractivity contribution in [3.63, 3.8) is 0 Å². The van der Waals surface area contributed by atoms with Gasteiger partial charge in [-0.15, -0.1) is 0 Å². The monoisotopic (exact) mass is 536 g/mol. The number of carbonyl (C=O) groups is 2. The lowest BCUT2D eigenvalue weighted by Gasteiger charge is -2.19. The number of nitrogens with one attached hydrogen (secondary N) is 1. The molecule has 0 saturated carbocycles. The fourth-order valence-electron chi connectivity index (χ4n) is 4.15. The smallest absolute Gasteiger partial charge is 0.329 e. The number of hydrogen-bond acceptors (Lipinski definition) is 7. The van der Waals surface area contributed by atoms with E-state index in [4.69, 9.17) is 19.2 Å². The van der Waals surface area contributed by atoms with Crippen molar-refractivity contribution in [1.82, 2.24) is 19.9 Å². The highest BCUT2D eigenvalue weighted by molar-refractivity contribution is 5.89. The van der Waals surface area contributed by atoms with Gasteiger partial charge in [-0.1, -0.05) is 60.7 Å². The standard InChI is InChI=1S/C31H28N4O5/c1-38-24-12-13-25-28(18-24)33-27(23-10-6-3-7-11-23)19-29(25)39-17-14-26(34-31(37)35-16-15-32-21-35)30(36)40-20-22-8-4-2-5-9-22/h2-13,15-16,18-19,21,26H,14,17,20H2,1H3,(H,34,37). The van der Waals surface area contributed by atoms with E-state index in [0.29, 0.717) is 17.0 Å². The number of ether oxygens (including phenoxy) is 3. The van der Waals surface area contributed by atoms with Gasteiger partial charge in [0, 0.05) is 41.9 Å². The SMILES string of the molecule is COc1ccc2c(OCCC(NC(=O)n3ccnc3)C(=O)OCc3ccccc3)cc(-c3ccccc3)nc2c1. The fourth-order valence-corrected chi connectivity index (χ4v) is 4.15. The molecule has 5 rings (SSSR count).